The van der Waals surface area contributed by atoms with E-state index in [1.54, 1.807) is 12.3 Å². The zero-order chi connectivity index (χ0) is 20.5. The minimum Gasteiger partial charge on any atom is -0.487 e. The van der Waals surface area contributed by atoms with Crippen LogP contribution in [0, 0.1) is 5.82 Å². The number of nitrogens with zero attached hydrogens (tertiary/aromatic N) is 1. The Balaban J connectivity index is 1.41. The quantitative estimate of drug-likeness (QED) is 0.617. The number of hydrogen-bond acceptors (Lipinski definition) is 4. The predicted octanol–water partition coefficient (Wildman–Crippen LogP) is 2.85. The highest BCUT2D eigenvalue weighted by Crippen LogP contribution is 2.13. The first-order valence-electron chi connectivity index (χ1n) is 9.03. The van der Waals surface area contributed by atoms with E-state index < -0.39 is 11.7 Å². The van der Waals surface area contributed by atoms with Crippen molar-refractivity contribution in [2.24, 2.45) is 0 Å². The maximum atomic E-state index is 13.5. The summed E-state index contributed by atoms with van der Waals surface area (Å²) in [6.07, 6.45) is 1.71. The smallest absolute Gasteiger partial charge is 0.254 e. The SMILES string of the molecule is O=C(CNC(=O)c1ccccc1F)NCc1ccc(OCc2ccccn2)cc1. The molecule has 3 rings (SSSR count). The van der Waals surface area contributed by atoms with Gasteiger partial charge in [-0.3, -0.25) is 14.6 Å². The molecule has 0 fully saturated rings. The van der Waals surface area contributed by atoms with E-state index in [4.69, 9.17) is 4.74 Å². The zero-order valence-corrected chi connectivity index (χ0v) is 15.6. The molecule has 1 aromatic heterocycles. The van der Waals surface area contributed by atoms with E-state index in [2.05, 4.69) is 15.6 Å². The molecule has 0 aliphatic rings. The van der Waals surface area contributed by atoms with Crippen LogP contribution in [0.25, 0.3) is 0 Å². The number of pyridine rings is 1. The Labute approximate surface area is 167 Å². The van der Waals surface area contributed by atoms with Crippen molar-refractivity contribution in [3.8, 4) is 5.75 Å². The normalized spacial score (nSPS) is 10.2. The largest absolute Gasteiger partial charge is 0.487 e. The number of ether oxygens (including phenoxy) is 1. The van der Waals surface area contributed by atoms with E-state index in [1.165, 1.54) is 18.2 Å². The van der Waals surface area contributed by atoms with E-state index >= 15 is 0 Å². The van der Waals surface area contributed by atoms with Gasteiger partial charge >= 0.3 is 0 Å². The Bertz CT molecular complexity index is 963. The summed E-state index contributed by atoms with van der Waals surface area (Å²) in [7, 11) is 0. The first-order valence-corrected chi connectivity index (χ1v) is 9.03. The molecule has 3 aromatic rings. The first-order chi connectivity index (χ1) is 14.1. The number of carbonyl (C=O) groups is 2. The van der Waals surface area contributed by atoms with E-state index in [0.29, 0.717) is 18.9 Å². The predicted molar refractivity (Wildman–Crippen MR) is 106 cm³/mol. The van der Waals surface area contributed by atoms with Crippen LogP contribution in [0.1, 0.15) is 21.6 Å². The van der Waals surface area contributed by atoms with Crippen molar-refractivity contribution in [1.82, 2.24) is 15.6 Å². The van der Waals surface area contributed by atoms with Gasteiger partial charge in [0.15, 0.2) is 0 Å². The number of amides is 2. The fourth-order valence-electron chi connectivity index (χ4n) is 2.51. The lowest BCUT2D eigenvalue weighted by atomic mass is 10.2. The van der Waals surface area contributed by atoms with Crippen molar-refractivity contribution >= 4 is 11.8 Å². The molecule has 0 atom stereocenters. The Kier molecular flexibility index (Phi) is 6.89. The summed E-state index contributed by atoms with van der Waals surface area (Å²) in [5.74, 6) is -0.934. The van der Waals surface area contributed by atoms with Gasteiger partial charge in [0.1, 0.15) is 18.2 Å². The molecule has 0 saturated carbocycles. The van der Waals surface area contributed by atoms with Crippen LogP contribution in [0.3, 0.4) is 0 Å². The number of hydrogen-bond donors (Lipinski definition) is 2. The van der Waals surface area contributed by atoms with E-state index in [-0.39, 0.29) is 18.0 Å². The molecule has 2 aromatic carbocycles. The van der Waals surface area contributed by atoms with E-state index in [0.717, 1.165) is 11.3 Å². The monoisotopic (exact) mass is 393 g/mol. The average Bonchev–Trinajstić information content (AvgIpc) is 2.76. The molecule has 0 bridgehead atoms. The third-order valence-corrected chi connectivity index (χ3v) is 4.05. The summed E-state index contributed by atoms with van der Waals surface area (Å²) in [6.45, 7) is 0.436. The maximum Gasteiger partial charge on any atom is 0.254 e. The number of rotatable bonds is 8. The third kappa shape index (κ3) is 6.14. The Hall–Kier alpha value is -3.74. The second kappa shape index (κ2) is 9.98. The Morgan fingerprint density at radius 3 is 2.41 bits per heavy atom. The molecule has 0 radical (unpaired) electrons. The van der Waals surface area contributed by atoms with E-state index in [1.807, 2.05) is 42.5 Å². The summed E-state index contributed by atoms with van der Waals surface area (Å²) >= 11 is 0. The lowest BCUT2D eigenvalue weighted by Crippen LogP contribution is -2.36. The van der Waals surface area contributed by atoms with Gasteiger partial charge in [-0.1, -0.05) is 30.3 Å². The molecule has 2 amide bonds. The minimum atomic E-state index is -0.632. The number of halogens is 1. The maximum absolute atomic E-state index is 13.5. The molecular formula is C22H20FN3O3. The number of nitrogens with one attached hydrogen (secondary N) is 2. The van der Waals surface area contributed by atoms with Crippen molar-refractivity contribution in [2.45, 2.75) is 13.2 Å². The summed E-state index contributed by atoms with van der Waals surface area (Å²) in [5, 5.41) is 5.10. The summed E-state index contributed by atoms with van der Waals surface area (Å²) in [4.78, 5) is 28.0. The number of carbonyl (C=O) groups excluding carboxylic acids is 2. The Morgan fingerprint density at radius 2 is 1.69 bits per heavy atom. The summed E-state index contributed by atoms with van der Waals surface area (Å²) in [5.41, 5.74) is 1.62. The molecule has 6 nitrogen and oxygen atoms in total. The van der Waals surface area contributed by atoms with E-state index in [9.17, 15) is 14.0 Å². The van der Waals surface area contributed by atoms with Gasteiger partial charge in [0, 0.05) is 12.7 Å². The number of aromatic nitrogens is 1. The van der Waals surface area contributed by atoms with Gasteiger partial charge in [0.2, 0.25) is 5.91 Å². The van der Waals surface area contributed by atoms with Gasteiger partial charge in [-0.2, -0.15) is 0 Å². The first kappa shape index (κ1) is 20.0. The van der Waals surface area contributed by atoms with Crippen molar-refractivity contribution in [3.63, 3.8) is 0 Å². The highest BCUT2D eigenvalue weighted by atomic mass is 19.1. The molecule has 0 unspecified atom stereocenters. The molecule has 0 saturated heterocycles. The Morgan fingerprint density at radius 1 is 0.931 bits per heavy atom. The van der Waals surface area contributed by atoms with Crippen LogP contribution >= 0.6 is 0 Å². The molecule has 0 aliphatic heterocycles. The third-order valence-electron chi connectivity index (χ3n) is 4.05. The van der Waals surface area contributed by atoms with Gasteiger partial charge in [0.25, 0.3) is 5.91 Å². The standard InChI is InChI=1S/C22H20FN3O3/c23-20-7-2-1-6-19(20)22(28)26-14-21(27)25-13-16-8-10-18(11-9-16)29-15-17-5-3-4-12-24-17/h1-12H,13-15H2,(H,25,27)(H,26,28). The number of benzene rings is 2. The van der Waals surface area contributed by atoms with Gasteiger partial charge in [-0.15, -0.1) is 0 Å². The highest BCUT2D eigenvalue weighted by molar-refractivity contribution is 5.96. The van der Waals surface area contributed by atoms with Gasteiger partial charge < -0.3 is 15.4 Å². The molecule has 2 N–H and O–H groups in total. The summed E-state index contributed by atoms with van der Waals surface area (Å²) < 4.78 is 19.2. The molecule has 148 valence electrons. The van der Waals surface area contributed by atoms with Gasteiger partial charge in [-0.25, -0.2) is 4.39 Å². The zero-order valence-electron chi connectivity index (χ0n) is 15.6. The van der Waals surface area contributed by atoms with Crippen LogP contribution in [0.15, 0.2) is 72.9 Å². The lowest BCUT2D eigenvalue weighted by molar-refractivity contribution is -0.120. The molecule has 29 heavy (non-hydrogen) atoms. The average molecular weight is 393 g/mol. The highest BCUT2D eigenvalue weighted by Gasteiger charge is 2.11. The topological polar surface area (TPSA) is 80.3 Å². The van der Waals surface area contributed by atoms with Crippen LogP contribution in [-0.2, 0) is 17.9 Å². The van der Waals surface area contributed by atoms with Crippen LogP contribution in [0.5, 0.6) is 5.75 Å². The van der Waals surface area contributed by atoms with Crippen molar-refractivity contribution in [2.75, 3.05) is 6.54 Å². The van der Waals surface area contributed by atoms with Crippen molar-refractivity contribution in [1.29, 1.82) is 0 Å². The molecular weight excluding hydrogens is 373 g/mol. The molecule has 1 heterocycles. The molecule has 7 heteroatoms. The second-order valence-corrected chi connectivity index (χ2v) is 6.19. The molecule has 0 spiro atoms. The van der Waals surface area contributed by atoms with Crippen LogP contribution in [0.4, 0.5) is 4.39 Å². The van der Waals surface area contributed by atoms with Gasteiger partial charge in [0.05, 0.1) is 17.8 Å². The van der Waals surface area contributed by atoms with Gasteiger partial charge in [-0.05, 0) is 42.0 Å². The van der Waals surface area contributed by atoms with Crippen molar-refractivity contribution < 1.29 is 18.7 Å². The lowest BCUT2D eigenvalue weighted by Gasteiger charge is -2.09. The van der Waals surface area contributed by atoms with Crippen molar-refractivity contribution in [3.05, 3.63) is 95.6 Å². The second-order valence-electron chi connectivity index (χ2n) is 6.19. The fourth-order valence-corrected chi connectivity index (χ4v) is 2.51. The van der Waals surface area contributed by atoms with Crippen LogP contribution in [0.2, 0.25) is 0 Å². The fraction of sp³-hybridized carbons (Fsp3) is 0.136. The summed E-state index contributed by atoms with van der Waals surface area (Å²) in [6, 6.07) is 18.5. The van der Waals surface area contributed by atoms with Crippen LogP contribution in [-0.4, -0.2) is 23.3 Å². The molecule has 0 aliphatic carbocycles. The minimum absolute atomic E-state index is 0.0957. The van der Waals surface area contributed by atoms with Crippen LogP contribution < -0.4 is 15.4 Å².